The van der Waals surface area contributed by atoms with E-state index < -0.39 is 0 Å². The van der Waals surface area contributed by atoms with E-state index in [1.807, 2.05) is 25.1 Å². The van der Waals surface area contributed by atoms with E-state index in [4.69, 9.17) is 32.7 Å². The monoisotopic (exact) mass is 386 g/mol. The molecule has 0 saturated carbocycles. The van der Waals surface area contributed by atoms with Crippen LogP contribution in [0.3, 0.4) is 0 Å². The Kier molecular flexibility index (Phi) is 4.34. The van der Waals surface area contributed by atoms with E-state index in [1.165, 1.54) is 0 Å². The number of hydrogen-bond donors (Lipinski definition) is 0. The van der Waals surface area contributed by atoms with Crippen LogP contribution in [-0.2, 0) is 0 Å². The van der Waals surface area contributed by atoms with Crippen molar-refractivity contribution in [2.45, 2.75) is 12.3 Å². The SMILES string of the molecule is Cc1cc(Br)cc(C(Cl)c2cc3c(cc2Cl)OCCO3)c1. The zero-order chi connectivity index (χ0) is 15.0. The number of alkyl halides is 1. The van der Waals surface area contributed by atoms with Gasteiger partial charge >= 0.3 is 0 Å². The fourth-order valence-electron chi connectivity index (χ4n) is 2.36. The summed E-state index contributed by atoms with van der Waals surface area (Å²) in [5, 5.41) is 0.237. The van der Waals surface area contributed by atoms with Gasteiger partial charge in [-0.1, -0.05) is 33.6 Å². The topological polar surface area (TPSA) is 18.5 Å². The Labute approximate surface area is 142 Å². The first-order valence-electron chi connectivity index (χ1n) is 6.55. The molecule has 1 aliphatic rings. The summed E-state index contributed by atoms with van der Waals surface area (Å²) in [6, 6.07) is 9.72. The quantitative estimate of drug-likeness (QED) is 0.632. The molecule has 1 unspecified atom stereocenters. The Morgan fingerprint density at radius 2 is 1.71 bits per heavy atom. The van der Waals surface area contributed by atoms with Gasteiger partial charge < -0.3 is 9.47 Å². The predicted molar refractivity (Wildman–Crippen MR) is 89.0 cm³/mol. The van der Waals surface area contributed by atoms with Gasteiger partial charge in [0.2, 0.25) is 0 Å². The van der Waals surface area contributed by atoms with Crippen molar-refractivity contribution in [1.29, 1.82) is 0 Å². The van der Waals surface area contributed by atoms with Gasteiger partial charge in [-0.25, -0.2) is 0 Å². The van der Waals surface area contributed by atoms with E-state index in [9.17, 15) is 0 Å². The Balaban J connectivity index is 2.02. The highest BCUT2D eigenvalue weighted by Gasteiger charge is 2.21. The smallest absolute Gasteiger partial charge is 0.162 e. The van der Waals surface area contributed by atoms with Gasteiger partial charge in [0.1, 0.15) is 13.2 Å². The highest BCUT2D eigenvalue weighted by molar-refractivity contribution is 9.10. The van der Waals surface area contributed by atoms with Gasteiger partial charge in [-0.3, -0.25) is 0 Å². The maximum atomic E-state index is 6.62. The van der Waals surface area contributed by atoms with Crippen molar-refractivity contribution in [3.63, 3.8) is 0 Å². The van der Waals surface area contributed by atoms with E-state index >= 15 is 0 Å². The van der Waals surface area contributed by atoms with Gasteiger partial charge in [-0.2, -0.15) is 0 Å². The third kappa shape index (κ3) is 3.15. The molecule has 110 valence electrons. The van der Waals surface area contributed by atoms with E-state index in [-0.39, 0.29) is 5.38 Å². The first-order valence-corrected chi connectivity index (χ1v) is 8.15. The lowest BCUT2D eigenvalue weighted by Gasteiger charge is -2.21. The summed E-state index contributed by atoms with van der Waals surface area (Å²) < 4.78 is 12.1. The van der Waals surface area contributed by atoms with Crippen LogP contribution < -0.4 is 9.47 Å². The fourth-order valence-corrected chi connectivity index (χ4v) is 3.61. The van der Waals surface area contributed by atoms with Crippen molar-refractivity contribution >= 4 is 39.1 Å². The summed E-state index contributed by atoms with van der Waals surface area (Å²) >= 11 is 16.5. The Morgan fingerprint density at radius 3 is 2.38 bits per heavy atom. The summed E-state index contributed by atoms with van der Waals surface area (Å²) in [5.74, 6) is 1.36. The van der Waals surface area contributed by atoms with Crippen molar-refractivity contribution in [3.05, 3.63) is 56.5 Å². The largest absolute Gasteiger partial charge is 0.486 e. The minimum absolute atomic E-state index is 0.343. The number of hydrogen-bond acceptors (Lipinski definition) is 2. The normalized spacial score (nSPS) is 14.9. The summed E-state index contributed by atoms with van der Waals surface area (Å²) in [4.78, 5) is 0. The maximum absolute atomic E-state index is 6.62. The average Bonchev–Trinajstić information content (AvgIpc) is 2.44. The van der Waals surface area contributed by atoms with E-state index in [1.54, 1.807) is 6.07 Å². The highest BCUT2D eigenvalue weighted by atomic mass is 79.9. The van der Waals surface area contributed by atoms with Gasteiger partial charge in [-0.05, 0) is 41.8 Å². The van der Waals surface area contributed by atoms with Gasteiger partial charge in [0.05, 0.1) is 5.38 Å². The van der Waals surface area contributed by atoms with Crippen LogP contribution in [0.15, 0.2) is 34.8 Å². The van der Waals surface area contributed by atoms with Crippen LogP contribution >= 0.6 is 39.1 Å². The van der Waals surface area contributed by atoms with Crippen LogP contribution in [0.1, 0.15) is 22.1 Å². The molecule has 1 aliphatic heterocycles. The van der Waals surface area contributed by atoms with Crippen LogP contribution in [0.2, 0.25) is 5.02 Å². The fraction of sp³-hybridized carbons (Fsp3) is 0.250. The molecule has 2 aromatic carbocycles. The Bertz CT molecular complexity index is 668. The van der Waals surface area contributed by atoms with Crippen molar-refractivity contribution < 1.29 is 9.47 Å². The summed E-state index contributed by atoms with van der Waals surface area (Å²) in [6.45, 7) is 3.11. The van der Waals surface area contributed by atoms with Crippen molar-refractivity contribution in [3.8, 4) is 11.5 Å². The molecule has 1 atom stereocenters. The number of aryl methyl sites for hydroxylation is 1. The molecule has 1 heterocycles. The lowest BCUT2D eigenvalue weighted by Crippen LogP contribution is -2.15. The highest BCUT2D eigenvalue weighted by Crippen LogP contribution is 2.42. The summed E-state index contributed by atoms with van der Waals surface area (Å²) in [6.07, 6.45) is 0. The van der Waals surface area contributed by atoms with E-state index in [2.05, 4.69) is 22.0 Å². The molecule has 2 nitrogen and oxygen atoms in total. The molecule has 0 fully saturated rings. The lowest BCUT2D eigenvalue weighted by atomic mass is 10.0. The third-order valence-corrected chi connectivity index (χ3v) is 4.56. The molecule has 0 N–H and O–H groups in total. The third-order valence-electron chi connectivity index (χ3n) is 3.29. The maximum Gasteiger partial charge on any atom is 0.162 e. The van der Waals surface area contributed by atoms with Gasteiger partial charge in [0, 0.05) is 15.6 Å². The van der Waals surface area contributed by atoms with Crippen LogP contribution in [0.4, 0.5) is 0 Å². The molecular weight excluding hydrogens is 375 g/mol. The Hall–Kier alpha value is -0.900. The predicted octanol–water partition coefficient (Wildman–Crippen LogP) is 5.51. The molecule has 0 bridgehead atoms. The molecule has 0 radical (unpaired) electrons. The molecule has 3 rings (SSSR count). The zero-order valence-corrected chi connectivity index (χ0v) is 14.4. The van der Waals surface area contributed by atoms with Crippen LogP contribution in [0.5, 0.6) is 11.5 Å². The van der Waals surface area contributed by atoms with Crippen LogP contribution in [0.25, 0.3) is 0 Å². The molecule has 2 aromatic rings. The van der Waals surface area contributed by atoms with Crippen molar-refractivity contribution in [2.24, 2.45) is 0 Å². The lowest BCUT2D eigenvalue weighted by molar-refractivity contribution is 0.171. The van der Waals surface area contributed by atoms with E-state index in [0.29, 0.717) is 29.7 Å². The molecule has 0 spiro atoms. The van der Waals surface area contributed by atoms with Gasteiger partial charge in [0.25, 0.3) is 0 Å². The first kappa shape index (κ1) is 15.0. The van der Waals surface area contributed by atoms with Crippen molar-refractivity contribution in [2.75, 3.05) is 13.2 Å². The van der Waals surface area contributed by atoms with Gasteiger partial charge in [0.15, 0.2) is 11.5 Å². The molecule has 5 heteroatoms. The second-order valence-electron chi connectivity index (χ2n) is 4.94. The van der Waals surface area contributed by atoms with Crippen LogP contribution in [0, 0.1) is 6.92 Å². The molecule has 0 saturated heterocycles. The second-order valence-corrected chi connectivity index (χ2v) is 6.70. The molecular formula is C16H13BrCl2O2. The standard InChI is InChI=1S/C16H13BrCl2O2/c1-9-4-10(6-11(17)5-9)16(19)12-7-14-15(8-13(12)18)21-3-2-20-14/h4-8,16H,2-3H2,1H3. The average molecular weight is 388 g/mol. The summed E-state index contributed by atoms with van der Waals surface area (Å²) in [7, 11) is 0. The Morgan fingerprint density at radius 1 is 1.05 bits per heavy atom. The number of benzene rings is 2. The number of rotatable bonds is 2. The minimum atomic E-state index is -0.343. The minimum Gasteiger partial charge on any atom is -0.486 e. The molecule has 21 heavy (non-hydrogen) atoms. The van der Waals surface area contributed by atoms with Crippen LogP contribution in [-0.4, -0.2) is 13.2 Å². The second kappa shape index (κ2) is 6.07. The molecule has 0 amide bonds. The van der Waals surface area contributed by atoms with E-state index in [0.717, 1.165) is 21.2 Å². The molecule has 0 aliphatic carbocycles. The first-order chi connectivity index (χ1) is 10.0. The number of halogens is 3. The zero-order valence-electron chi connectivity index (χ0n) is 11.3. The number of fused-ring (bicyclic) bond motifs is 1. The number of ether oxygens (including phenoxy) is 2. The van der Waals surface area contributed by atoms with Gasteiger partial charge in [-0.15, -0.1) is 11.6 Å². The summed E-state index contributed by atoms with van der Waals surface area (Å²) in [5.41, 5.74) is 2.95. The molecule has 0 aromatic heterocycles. The van der Waals surface area contributed by atoms with Crippen molar-refractivity contribution in [1.82, 2.24) is 0 Å².